The topological polar surface area (TPSA) is 92.6 Å². The molecule has 1 fully saturated rings. The Hall–Kier alpha value is -1.02. The zero-order valence-corrected chi connectivity index (χ0v) is 10.6. The molecule has 18 heavy (non-hydrogen) atoms. The van der Waals surface area contributed by atoms with Crippen molar-refractivity contribution in [1.82, 2.24) is 10.1 Å². The normalized spacial score (nSPS) is 23.7. The van der Waals surface area contributed by atoms with Gasteiger partial charge in [0, 0.05) is 20.1 Å². The van der Waals surface area contributed by atoms with Gasteiger partial charge in [0.25, 0.3) is 0 Å². The second-order valence-corrected chi connectivity index (χ2v) is 4.33. The number of aromatic nitrogens is 2. The molecular formula is C11H19N3O4. The zero-order valence-electron chi connectivity index (χ0n) is 10.6. The number of ether oxygens (including phenoxy) is 3. The minimum Gasteiger partial charge on any atom is -0.382 e. The molecule has 0 saturated carbocycles. The van der Waals surface area contributed by atoms with Crippen LogP contribution in [0.2, 0.25) is 0 Å². The Morgan fingerprint density at radius 2 is 2.28 bits per heavy atom. The summed E-state index contributed by atoms with van der Waals surface area (Å²) in [6.07, 6.45) is 1.31. The van der Waals surface area contributed by atoms with Gasteiger partial charge in [-0.3, -0.25) is 0 Å². The molecule has 1 unspecified atom stereocenters. The first-order chi connectivity index (χ1) is 8.74. The average Bonchev–Trinajstić information content (AvgIpc) is 2.99. The minimum absolute atomic E-state index is 0.430. The first-order valence-corrected chi connectivity index (χ1v) is 6.01. The maximum atomic E-state index is 6.12. The average molecular weight is 257 g/mol. The van der Waals surface area contributed by atoms with Crippen LogP contribution in [0.4, 0.5) is 0 Å². The molecule has 7 heteroatoms. The van der Waals surface area contributed by atoms with Crippen LogP contribution >= 0.6 is 0 Å². The van der Waals surface area contributed by atoms with Crippen LogP contribution in [-0.4, -0.2) is 50.3 Å². The molecule has 0 aromatic carbocycles. The summed E-state index contributed by atoms with van der Waals surface area (Å²) in [4.78, 5) is 4.29. The highest BCUT2D eigenvalue weighted by atomic mass is 16.5. The van der Waals surface area contributed by atoms with Crippen molar-refractivity contribution in [2.24, 2.45) is 5.73 Å². The van der Waals surface area contributed by atoms with Gasteiger partial charge in [0.2, 0.25) is 5.89 Å². The van der Waals surface area contributed by atoms with E-state index in [1.165, 1.54) is 0 Å². The molecule has 2 rings (SSSR count). The molecule has 0 radical (unpaired) electrons. The summed E-state index contributed by atoms with van der Waals surface area (Å²) in [7, 11) is 1.64. The Labute approximate surface area is 106 Å². The lowest BCUT2D eigenvalue weighted by Gasteiger charge is -2.14. The van der Waals surface area contributed by atoms with Crippen molar-refractivity contribution in [3.05, 3.63) is 11.7 Å². The van der Waals surface area contributed by atoms with Gasteiger partial charge in [0.15, 0.2) is 5.82 Å². The van der Waals surface area contributed by atoms with Crippen LogP contribution in [-0.2, 0) is 26.2 Å². The maximum Gasteiger partial charge on any atom is 0.249 e. The van der Waals surface area contributed by atoms with Gasteiger partial charge in [0.1, 0.15) is 5.54 Å². The molecule has 2 N–H and O–H groups in total. The Balaban J connectivity index is 1.79. The van der Waals surface area contributed by atoms with Gasteiger partial charge in [-0.2, -0.15) is 4.98 Å². The Bertz CT molecular complexity index is 363. The van der Waals surface area contributed by atoms with Crippen LogP contribution in [0, 0.1) is 0 Å². The number of hydrogen-bond donors (Lipinski definition) is 1. The van der Waals surface area contributed by atoms with Crippen molar-refractivity contribution in [2.75, 3.05) is 40.1 Å². The molecule has 2 heterocycles. The molecule has 1 aliphatic heterocycles. The predicted molar refractivity (Wildman–Crippen MR) is 62.0 cm³/mol. The molecule has 102 valence electrons. The summed E-state index contributed by atoms with van der Waals surface area (Å²) < 4.78 is 20.7. The molecule has 0 spiro atoms. The lowest BCUT2D eigenvalue weighted by Crippen LogP contribution is -2.37. The molecule has 1 aromatic rings. The molecule has 0 bridgehead atoms. The summed E-state index contributed by atoms with van der Waals surface area (Å²) >= 11 is 0. The van der Waals surface area contributed by atoms with Crippen molar-refractivity contribution in [2.45, 2.75) is 18.4 Å². The monoisotopic (exact) mass is 257 g/mol. The van der Waals surface area contributed by atoms with E-state index < -0.39 is 5.54 Å². The SMILES string of the molecule is COCCOCCc1noc(C2(N)CCOC2)n1. The quantitative estimate of drug-likeness (QED) is 0.679. The summed E-state index contributed by atoms with van der Waals surface area (Å²) in [5.41, 5.74) is 5.50. The number of nitrogens with two attached hydrogens (primary N) is 1. The van der Waals surface area contributed by atoms with E-state index in [0.29, 0.717) is 57.6 Å². The molecule has 1 atom stereocenters. The van der Waals surface area contributed by atoms with Crippen LogP contribution in [0.3, 0.4) is 0 Å². The predicted octanol–water partition coefficient (Wildman–Crippen LogP) is -0.151. The van der Waals surface area contributed by atoms with Gasteiger partial charge < -0.3 is 24.5 Å². The van der Waals surface area contributed by atoms with E-state index in [4.69, 9.17) is 24.5 Å². The maximum absolute atomic E-state index is 6.12. The largest absolute Gasteiger partial charge is 0.382 e. The van der Waals surface area contributed by atoms with Gasteiger partial charge >= 0.3 is 0 Å². The summed E-state index contributed by atoms with van der Waals surface area (Å²) in [6, 6.07) is 0. The molecular weight excluding hydrogens is 238 g/mol. The number of hydrogen-bond acceptors (Lipinski definition) is 7. The third-order valence-corrected chi connectivity index (χ3v) is 2.85. The fourth-order valence-corrected chi connectivity index (χ4v) is 1.71. The standard InChI is InChI=1S/C11H19N3O4/c1-15-6-7-16-4-2-9-13-10(18-14-9)11(12)3-5-17-8-11/h2-8,12H2,1H3. The second kappa shape index (κ2) is 6.24. The van der Waals surface area contributed by atoms with Crippen LogP contribution < -0.4 is 5.73 Å². The van der Waals surface area contributed by atoms with E-state index in [-0.39, 0.29) is 0 Å². The van der Waals surface area contributed by atoms with Crippen LogP contribution in [0.1, 0.15) is 18.1 Å². The number of rotatable bonds is 7. The van der Waals surface area contributed by atoms with Crippen LogP contribution in [0.15, 0.2) is 4.52 Å². The van der Waals surface area contributed by atoms with E-state index in [1.54, 1.807) is 7.11 Å². The van der Waals surface area contributed by atoms with E-state index in [9.17, 15) is 0 Å². The van der Waals surface area contributed by atoms with Gasteiger partial charge in [-0.1, -0.05) is 5.16 Å². The van der Waals surface area contributed by atoms with E-state index in [1.807, 2.05) is 0 Å². The van der Waals surface area contributed by atoms with Crippen molar-refractivity contribution in [1.29, 1.82) is 0 Å². The third-order valence-electron chi connectivity index (χ3n) is 2.85. The first-order valence-electron chi connectivity index (χ1n) is 6.01. The lowest BCUT2D eigenvalue weighted by molar-refractivity contribution is 0.0714. The van der Waals surface area contributed by atoms with E-state index in [0.717, 1.165) is 0 Å². The Morgan fingerprint density at radius 1 is 1.39 bits per heavy atom. The molecule has 1 aromatic heterocycles. The molecule has 0 aliphatic carbocycles. The first kappa shape index (κ1) is 13.4. The van der Waals surface area contributed by atoms with Crippen LogP contribution in [0.5, 0.6) is 0 Å². The van der Waals surface area contributed by atoms with Gasteiger partial charge in [0.05, 0.1) is 26.4 Å². The van der Waals surface area contributed by atoms with Gasteiger partial charge in [-0.15, -0.1) is 0 Å². The zero-order chi connectivity index (χ0) is 12.8. The Kier molecular flexibility index (Phi) is 4.65. The summed E-state index contributed by atoms with van der Waals surface area (Å²) in [6.45, 7) is 2.75. The minimum atomic E-state index is -0.623. The fourth-order valence-electron chi connectivity index (χ4n) is 1.71. The highest BCUT2D eigenvalue weighted by Crippen LogP contribution is 2.26. The highest BCUT2D eigenvalue weighted by molar-refractivity contribution is 5.04. The van der Waals surface area contributed by atoms with Crippen LogP contribution in [0.25, 0.3) is 0 Å². The van der Waals surface area contributed by atoms with E-state index in [2.05, 4.69) is 10.1 Å². The number of nitrogens with zero attached hydrogens (tertiary/aromatic N) is 2. The molecule has 1 saturated heterocycles. The molecule has 0 amide bonds. The summed E-state index contributed by atoms with van der Waals surface area (Å²) in [5.74, 6) is 1.06. The number of methoxy groups -OCH3 is 1. The van der Waals surface area contributed by atoms with Crippen molar-refractivity contribution >= 4 is 0 Å². The molecule has 7 nitrogen and oxygen atoms in total. The second-order valence-electron chi connectivity index (χ2n) is 4.33. The van der Waals surface area contributed by atoms with Crippen molar-refractivity contribution in [3.63, 3.8) is 0 Å². The van der Waals surface area contributed by atoms with Crippen molar-refractivity contribution in [3.8, 4) is 0 Å². The third kappa shape index (κ3) is 3.26. The lowest BCUT2D eigenvalue weighted by atomic mass is 10.0. The summed E-state index contributed by atoms with van der Waals surface area (Å²) in [5, 5.41) is 3.89. The fraction of sp³-hybridized carbons (Fsp3) is 0.818. The highest BCUT2D eigenvalue weighted by Gasteiger charge is 2.38. The molecule has 1 aliphatic rings. The van der Waals surface area contributed by atoms with Gasteiger partial charge in [-0.05, 0) is 6.42 Å². The smallest absolute Gasteiger partial charge is 0.249 e. The van der Waals surface area contributed by atoms with Gasteiger partial charge in [-0.25, -0.2) is 0 Å². The van der Waals surface area contributed by atoms with Crippen molar-refractivity contribution < 1.29 is 18.7 Å². The Morgan fingerprint density at radius 3 is 3.00 bits per heavy atom. The van der Waals surface area contributed by atoms with E-state index >= 15 is 0 Å².